The lowest BCUT2D eigenvalue weighted by atomic mass is 10.1. The first-order chi connectivity index (χ1) is 13.5. The van der Waals surface area contributed by atoms with Gasteiger partial charge in [-0.2, -0.15) is 0 Å². The van der Waals surface area contributed by atoms with E-state index in [1.807, 2.05) is 12.1 Å². The number of likely N-dealkylation sites (N-methyl/N-ethyl adjacent to an activating group) is 1. The Hall–Kier alpha value is -2.51. The summed E-state index contributed by atoms with van der Waals surface area (Å²) in [5.74, 6) is 0.340. The van der Waals surface area contributed by atoms with E-state index < -0.39 is 25.5 Å². The molecule has 0 saturated heterocycles. The van der Waals surface area contributed by atoms with Crippen molar-refractivity contribution < 1.29 is 23.4 Å². The molecule has 2 atom stereocenters. The molecule has 0 bridgehead atoms. The maximum absolute atomic E-state index is 12.9. The first kappa shape index (κ1) is 21.8. The van der Waals surface area contributed by atoms with E-state index in [0.29, 0.717) is 29.0 Å². The average Bonchev–Trinajstić information content (AvgIpc) is 2.72. The number of carbonyl (C=O) groups is 1. The van der Waals surface area contributed by atoms with Crippen LogP contribution in [0, 0.1) is 0 Å². The predicted octanol–water partition coefficient (Wildman–Crippen LogP) is 2.79. The molecule has 0 aliphatic rings. The second kappa shape index (κ2) is 10.7. The number of amides is 1. The van der Waals surface area contributed by atoms with Crippen LogP contribution < -0.4 is 15.4 Å². The number of rotatable bonds is 10. The van der Waals surface area contributed by atoms with Crippen LogP contribution in [0.5, 0.6) is 5.75 Å². The number of aliphatic hydroxyl groups excluding tert-OH is 1. The monoisotopic (exact) mass is 392 g/mol. The van der Waals surface area contributed by atoms with Crippen LogP contribution in [0.3, 0.4) is 0 Å². The van der Waals surface area contributed by atoms with Crippen molar-refractivity contribution in [2.24, 2.45) is 0 Å². The molecule has 0 saturated carbocycles. The Bertz CT molecular complexity index is 744. The molecule has 1 amide bonds. The fraction of sp³-hybridized carbons (Fsp3) is 0.381. The molecule has 1 unspecified atom stereocenters. The Morgan fingerprint density at radius 2 is 1.61 bits per heavy atom. The van der Waals surface area contributed by atoms with Crippen LogP contribution in [0.2, 0.25) is 0 Å². The summed E-state index contributed by atoms with van der Waals surface area (Å²) in [5.41, 5.74) is 2.48. The molecule has 0 aliphatic carbocycles. The molecule has 152 valence electrons. The highest BCUT2D eigenvalue weighted by Crippen LogP contribution is 2.17. The number of hydrogen-bond donors (Lipinski definition) is 3. The summed E-state index contributed by atoms with van der Waals surface area (Å²) in [5, 5.41) is 15.2. The largest absolute Gasteiger partial charge is 0.489 e. The van der Waals surface area contributed by atoms with Gasteiger partial charge in [-0.25, -0.2) is 8.78 Å². The minimum absolute atomic E-state index is 0.208. The topological polar surface area (TPSA) is 70.6 Å². The van der Waals surface area contributed by atoms with Crippen molar-refractivity contribution in [3.05, 3.63) is 64.7 Å². The molecule has 0 aliphatic heterocycles. The molecule has 5 nitrogen and oxygen atoms in total. The van der Waals surface area contributed by atoms with Gasteiger partial charge in [0.2, 0.25) is 5.91 Å². The van der Waals surface area contributed by atoms with Crippen molar-refractivity contribution in [3.8, 4) is 5.75 Å². The zero-order valence-corrected chi connectivity index (χ0v) is 16.0. The van der Waals surface area contributed by atoms with Crippen molar-refractivity contribution in [2.45, 2.75) is 45.6 Å². The molecule has 0 radical (unpaired) electrons. The van der Waals surface area contributed by atoms with Gasteiger partial charge in [0, 0.05) is 13.6 Å². The van der Waals surface area contributed by atoms with Crippen LogP contribution in [-0.2, 0) is 31.3 Å². The molecule has 0 heterocycles. The van der Waals surface area contributed by atoms with Gasteiger partial charge in [0.15, 0.2) is 0 Å². The van der Waals surface area contributed by atoms with Crippen molar-refractivity contribution >= 4 is 5.91 Å². The standard InChI is InChI=1S/C21H26F2N2O3/c1-14(26)20(21(27)24-2)25-12-15-3-5-19(6-4-15)28-13-18-8-16(10-22)7-17(9-18)11-23/h3-9,14,20,25-26H,10-13H2,1-2H3,(H,24,27)/t14?,20-/m0/s1. The number of carbonyl (C=O) groups excluding carboxylic acids is 1. The number of hydrogen-bond acceptors (Lipinski definition) is 4. The van der Waals surface area contributed by atoms with Gasteiger partial charge in [0.1, 0.15) is 31.7 Å². The third kappa shape index (κ3) is 6.28. The molecule has 2 rings (SSSR count). The minimum atomic E-state index is -0.822. The smallest absolute Gasteiger partial charge is 0.239 e. The third-order valence-electron chi connectivity index (χ3n) is 4.29. The zero-order chi connectivity index (χ0) is 20.5. The maximum Gasteiger partial charge on any atom is 0.239 e. The van der Waals surface area contributed by atoms with Crippen molar-refractivity contribution in [1.29, 1.82) is 0 Å². The van der Waals surface area contributed by atoms with Gasteiger partial charge >= 0.3 is 0 Å². The number of nitrogens with one attached hydrogen (secondary N) is 2. The predicted molar refractivity (Wildman–Crippen MR) is 103 cm³/mol. The molecule has 0 aromatic heterocycles. The lowest BCUT2D eigenvalue weighted by Crippen LogP contribution is -2.49. The second-order valence-electron chi connectivity index (χ2n) is 6.57. The lowest BCUT2D eigenvalue weighted by Gasteiger charge is -2.20. The van der Waals surface area contributed by atoms with Crippen LogP contribution in [0.1, 0.15) is 29.2 Å². The quantitative estimate of drug-likeness (QED) is 0.582. The highest BCUT2D eigenvalue weighted by Gasteiger charge is 2.21. The Morgan fingerprint density at radius 3 is 2.11 bits per heavy atom. The normalized spacial score (nSPS) is 13.0. The third-order valence-corrected chi connectivity index (χ3v) is 4.29. The molecular weight excluding hydrogens is 366 g/mol. The Balaban J connectivity index is 1.93. The minimum Gasteiger partial charge on any atom is -0.489 e. The number of ether oxygens (including phenoxy) is 1. The van der Waals surface area contributed by atoms with Crippen molar-refractivity contribution in [3.63, 3.8) is 0 Å². The van der Waals surface area contributed by atoms with Crippen LogP contribution in [0.25, 0.3) is 0 Å². The zero-order valence-electron chi connectivity index (χ0n) is 16.0. The Labute approximate surface area is 163 Å². The maximum atomic E-state index is 12.9. The van der Waals surface area contributed by atoms with Crippen molar-refractivity contribution in [2.75, 3.05) is 7.05 Å². The molecule has 2 aromatic rings. The van der Waals surface area contributed by atoms with Crippen molar-refractivity contribution in [1.82, 2.24) is 10.6 Å². The Morgan fingerprint density at radius 1 is 1.04 bits per heavy atom. The van der Waals surface area contributed by atoms with E-state index in [1.165, 1.54) is 13.1 Å². The van der Waals surface area contributed by atoms with Gasteiger partial charge < -0.3 is 15.2 Å². The van der Waals surface area contributed by atoms with Crippen LogP contribution in [0.4, 0.5) is 8.78 Å². The lowest BCUT2D eigenvalue weighted by molar-refractivity contribution is -0.125. The van der Waals surface area contributed by atoms with Gasteiger partial charge in [-0.1, -0.05) is 18.2 Å². The molecule has 7 heteroatoms. The van der Waals surface area contributed by atoms with Gasteiger partial charge in [-0.05, 0) is 53.4 Å². The van der Waals surface area contributed by atoms with Crippen LogP contribution in [0.15, 0.2) is 42.5 Å². The van der Waals surface area contributed by atoms with E-state index in [4.69, 9.17) is 4.74 Å². The summed E-state index contributed by atoms with van der Waals surface area (Å²) in [6.07, 6.45) is -0.822. The van der Waals surface area contributed by atoms with Gasteiger partial charge in [-0.15, -0.1) is 0 Å². The average molecular weight is 392 g/mol. The van der Waals surface area contributed by atoms with Crippen LogP contribution in [-0.4, -0.2) is 30.2 Å². The van der Waals surface area contributed by atoms with E-state index in [1.54, 1.807) is 31.2 Å². The number of aliphatic hydroxyl groups is 1. The second-order valence-corrected chi connectivity index (χ2v) is 6.57. The Kier molecular flexibility index (Phi) is 8.35. The molecule has 3 N–H and O–H groups in total. The SMILES string of the molecule is CNC(=O)[C@@H](NCc1ccc(OCc2cc(CF)cc(CF)c2)cc1)C(C)O. The van der Waals surface area contributed by atoms with E-state index in [0.717, 1.165) is 5.56 Å². The highest BCUT2D eigenvalue weighted by molar-refractivity contribution is 5.82. The summed E-state index contributed by atoms with van der Waals surface area (Å²) in [6.45, 7) is 0.870. The fourth-order valence-corrected chi connectivity index (χ4v) is 2.81. The fourth-order valence-electron chi connectivity index (χ4n) is 2.81. The molecular formula is C21H26F2N2O3. The summed E-state index contributed by atoms with van der Waals surface area (Å²) in [4.78, 5) is 11.7. The number of alkyl halides is 2. The number of halogens is 2. The number of benzene rings is 2. The molecule has 0 spiro atoms. The highest BCUT2D eigenvalue weighted by atomic mass is 19.1. The molecule has 28 heavy (non-hydrogen) atoms. The van der Waals surface area contributed by atoms with Crippen LogP contribution >= 0.6 is 0 Å². The summed E-state index contributed by atoms with van der Waals surface area (Å²) in [6, 6.07) is 11.4. The van der Waals surface area contributed by atoms with Gasteiger partial charge in [0.25, 0.3) is 0 Å². The van der Waals surface area contributed by atoms with Gasteiger partial charge in [-0.3, -0.25) is 10.1 Å². The summed E-state index contributed by atoms with van der Waals surface area (Å²) in [7, 11) is 1.52. The van der Waals surface area contributed by atoms with Gasteiger partial charge in [0.05, 0.1) is 6.10 Å². The molecule has 2 aromatic carbocycles. The van der Waals surface area contributed by atoms with E-state index >= 15 is 0 Å². The van der Waals surface area contributed by atoms with E-state index in [2.05, 4.69) is 10.6 Å². The summed E-state index contributed by atoms with van der Waals surface area (Å²) < 4.78 is 31.4. The first-order valence-corrected chi connectivity index (χ1v) is 9.05. The summed E-state index contributed by atoms with van der Waals surface area (Å²) >= 11 is 0. The van der Waals surface area contributed by atoms with E-state index in [9.17, 15) is 18.7 Å². The first-order valence-electron chi connectivity index (χ1n) is 9.05. The molecule has 0 fully saturated rings. The van der Waals surface area contributed by atoms with E-state index in [-0.39, 0.29) is 12.5 Å².